The van der Waals surface area contributed by atoms with E-state index in [2.05, 4.69) is 15.5 Å². The summed E-state index contributed by atoms with van der Waals surface area (Å²) in [6.07, 6.45) is 1.47. The van der Waals surface area contributed by atoms with Gasteiger partial charge in [0.25, 0.3) is 11.3 Å². The molecule has 2 heterocycles. The van der Waals surface area contributed by atoms with Crippen LogP contribution >= 0.6 is 11.6 Å². The summed E-state index contributed by atoms with van der Waals surface area (Å²) in [5, 5.41) is 7.52. The van der Waals surface area contributed by atoms with E-state index in [0.717, 1.165) is 16.8 Å². The number of hydrogen-bond donors (Lipinski definition) is 1. The standard InChI is InChI=1S/C22H19ClN4O3/c1-13-7-8-15(11-14(13)2)25-18(28)9-10-27-12-24-21-19(22(27)29)20(26-30-21)16-5-3-4-6-17(16)23/h3-8,11-12H,9-10H2,1-2H3,(H,25,28). The molecule has 0 bridgehead atoms. The van der Waals surface area contributed by atoms with Crippen LogP contribution in [0.1, 0.15) is 17.5 Å². The van der Waals surface area contributed by atoms with Crippen LogP contribution in [0.5, 0.6) is 0 Å². The number of rotatable bonds is 5. The van der Waals surface area contributed by atoms with Crippen LogP contribution < -0.4 is 10.9 Å². The molecule has 0 saturated carbocycles. The first-order chi connectivity index (χ1) is 14.4. The average molecular weight is 423 g/mol. The fourth-order valence-electron chi connectivity index (χ4n) is 3.14. The molecule has 7 nitrogen and oxygen atoms in total. The third-order valence-electron chi connectivity index (χ3n) is 4.96. The molecule has 0 unspecified atom stereocenters. The largest absolute Gasteiger partial charge is 0.335 e. The van der Waals surface area contributed by atoms with Crippen molar-refractivity contribution in [3.8, 4) is 11.3 Å². The number of anilines is 1. The molecule has 0 fully saturated rings. The second-order valence-electron chi connectivity index (χ2n) is 7.03. The minimum absolute atomic E-state index is 0.118. The van der Waals surface area contributed by atoms with Crippen LogP contribution in [0, 0.1) is 13.8 Å². The van der Waals surface area contributed by atoms with Gasteiger partial charge in [0.1, 0.15) is 17.4 Å². The summed E-state index contributed by atoms with van der Waals surface area (Å²) in [6.45, 7) is 4.17. The van der Waals surface area contributed by atoms with E-state index in [1.807, 2.05) is 32.0 Å². The van der Waals surface area contributed by atoms with Crippen molar-refractivity contribution in [1.29, 1.82) is 0 Å². The Morgan fingerprint density at radius 3 is 2.73 bits per heavy atom. The minimum atomic E-state index is -0.338. The molecule has 0 atom stereocenters. The molecule has 4 rings (SSSR count). The number of nitrogens with zero attached hydrogens (tertiary/aromatic N) is 3. The van der Waals surface area contributed by atoms with Crippen molar-refractivity contribution in [3.05, 3.63) is 75.3 Å². The van der Waals surface area contributed by atoms with Crippen LogP contribution in [0.3, 0.4) is 0 Å². The molecule has 0 aliphatic heterocycles. The molecule has 0 spiro atoms. The molecular formula is C22H19ClN4O3. The van der Waals surface area contributed by atoms with Gasteiger partial charge in [-0.1, -0.05) is 41.0 Å². The van der Waals surface area contributed by atoms with Gasteiger partial charge in [-0.3, -0.25) is 14.2 Å². The van der Waals surface area contributed by atoms with Crippen LogP contribution in [0.4, 0.5) is 5.69 Å². The Hall–Kier alpha value is -3.45. The average Bonchev–Trinajstić information content (AvgIpc) is 3.15. The second-order valence-corrected chi connectivity index (χ2v) is 7.44. The van der Waals surface area contributed by atoms with Crippen molar-refractivity contribution in [2.75, 3.05) is 5.32 Å². The van der Waals surface area contributed by atoms with Gasteiger partial charge in [0.15, 0.2) is 0 Å². The summed E-state index contributed by atoms with van der Waals surface area (Å²) < 4.78 is 6.58. The van der Waals surface area contributed by atoms with Crippen molar-refractivity contribution in [2.24, 2.45) is 0 Å². The van der Waals surface area contributed by atoms with Crippen molar-refractivity contribution < 1.29 is 9.32 Å². The summed E-state index contributed by atoms with van der Waals surface area (Å²) >= 11 is 6.24. The van der Waals surface area contributed by atoms with E-state index in [1.165, 1.54) is 10.9 Å². The molecule has 30 heavy (non-hydrogen) atoms. The van der Waals surface area contributed by atoms with Gasteiger partial charge < -0.3 is 9.84 Å². The minimum Gasteiger partial charge on any atom is -0.335 e. The predicted molar refractivity (Wildman–Crippen MR) is 116 cm³/mol. The predicted octanol–water partition coefficient (Wildman–Crippen LogP) is 4.35. The van der Waals surface area contributed by atoms with Crippen molar-refractivity contribution in [3.63, 3.8) is 0 Å². The van der Waals surface area contributed by atoms with Crippen LogP contribution in [0.15, 0.2) is 58.1 Å². The highest BCUT2D eigenvalue weighted by Gasteiger charge is 2.19. The van der Waals surface area contributed by atoms with Crippen molar-refractivity contribution in [1.82, 2.24) is 14.7 Å². The normalized spacial score (nSPS) is 11.0. The molecule has 0 aliphatic rings. The van der Waals surface area contributed by atoms with Crippen molar-refractivity contribution in [2.45, 2.75) is 26.8 Å². The number of hydrogen-bond acceptors (Lipinski definition) is 5. The van der Waals surface area contributed by atoms with Gasteiger partial charge >= 0.3 is 0 Å². The third kappa shape index (κ3) is 3.84. The van der Waals surface area contributed by atoms with E-state index in [4.69, 9.17) is 16.1 Å². The van der Waals surface area contributed by atoms with E-state index in [9.17, 15) is 9.59 Å². The molecule has 1 N–H and O–H groups in total. The molecule has 152 valence electrons. The number of aromatic nitrogens is 3. The summed E-state index contributed by atoms with van der Waals surface area (Å²) in [6, 6.07) is 12.8. The quantitative estimate of drug-likeness (QED) is 0.516. The number of aryl methyl sites for hydroxylation is 3. The van der Waals surface area contributed by atoms with Gasteiger partial charge in [-0.15, -0.1) is 0 Å². The maximum Gasteiger partial charge on any atom is 0.266 e. The summed E-state index contributed by atoms with van der Waals surface area (Å²) in [5.41, 5.74) is 3.69. The topological polar surface area (TPSA) is 90.0 Å². The van der Waals surface area contributed by atoms with E-state index in [1.54, 1.807) is 24.3 Å². The molecule has 2 aromatic heterocycles. The molecular weight excluding hydrogens is 404 g/mol. The van der Waals surface area contributed by atoms with E-state index in [-0.39, 0.29) is 35.5 Å². The molecule has 0 saturated heterocycles. The highest BCUT2D eigenvalue weighted by atomic mass is 35.5. The zero-order valence-electron chi connectivity index (χ0n) is 16.5. The number of benzene rings is 2. The number of nitrogens with one attached hydrogen (secondary N) is 1. The zero-order valence-corrected chi connectivity index (χ0v) is 17.2. The number of carbonyl (C=O) groups is 1. The lowest BCUT2D eigenvalue weighted by Gasteiger charge is -2.09. The Morgan fingerprint density at radius 1 is 1.17 bits per heavy atom. The maximum absolute atomic E-state index is 13.0. The Balaban J connectivity index is 1.56. The second kappa shape index (κ2) is 8.12. The fourth-order valence-corrected chi connectivity index (χ4v) is 3.37. The highest BCUT2D eigenvalue weighted by Crippen LogP contribution is 2.30. The molecule has 0 radical (unpaired) electrons. The lowest BCUT2D eigenvalue weighted by atomic mass is 10.1. The fraction of sp³-hybridized carbons (Fsp3) is 0.182. The summed E-state index contributed by atoms with van der Waals surface area (Å²) in [7, 11) is 0. The Kier molecular flexibility index (Phi) is 5.37. The van der Waals surface area contributed by atoms with Gasteiger partial charge in [0.05, 0.1) is 5.02 Å². The first-order valence-corrected chi connectivity index (χ1v) is 9.78. The first kappa shape index (κ1) is 19.8. The summed E-state index contributed by atoms with van der Waals surface area (Å²) in [5.74, 6) is -0.193. The van der Waals surface area contributed by atoms with Crippen LogP contribution in [0.25, 0.3) is 22.4 Å². The van der Waals surface area contributed by atoms with Crippen molar-refractivity contribution >= 4 is 34.3 Å². The third-order valence-corrected chi connectivity index (χ3v) is 5.29. The van der Waals surface area contributed by atoms with E-state index in [0.29, 0.717) is 16.3 Å². The van der Waals surface area contributed by atoms with Crippen LogP contribution in [-0.2, 0) is 11.3 Å². The Labute approximate surface area is 177 Å². The zero-order chi connectivity index (χ0) is 21.3. The van der Waals surface area contributed by atoms with Gasteiger partial charge in [-0.05, 0) is 43.2 Å². The van der Waals surface area contributed by atoms with Crippen LogP contribution in [-0.4, -0.2) is 20.6 Å². The maximum atomic E-state index is 13.0. The molecule has 0 aliphatic carbocycles. The molecule has 8 heteroatoms. The number of amides is 1. The molecule has 1 amide bonds. The number of halogens is 1. The molecule has 4 aromatic rings. The smallest absolute Gasteiger partial charge is 0.266 e. The van der Waals surface area contributed by atoms with Gasteiger partial charge in [-0.25, -0.2) is 4.98 Å². The first-order valence-electron chi connectivity index (χ1n) is 9.41. The monoisotopic (exact) mass is 422 g/mol. The lowest BCUT2D eigenvalue weighted by molar-refractivity contribution is -0.116. The van der Waals surface area contributed by atoms with Gasteiger partial charge in [0, 0.05) is 24.2 Å². The van der Waals surface area contributed by atoms with Gasteiger partial charge in [0.2, 0.25) is 5.91 Å². The summed E-state index contributed by atoms with van der Waals surface area (Å²) in [4.78, 5) is 29.5. The SMILES string of the molecule is Cc1ccc(NC(=O)CCn2cnc3onc(-c4ccccc4Cl)c3c2=O)cc1C. The highest BCUT2D eigenvalue weighted by molar-refractivity contribution is 6.33. The van der Waals surface area contributed by atoms with E-state index >= 15 is 0 Å². The number of carbonyl (C=O) groups excluding carboxylic acids is 1. The lowest BCUT2D eigenvalue weighted by Crippen LogP contribution is -2.23. The Morgan fingerprint density at radius 2 is 1.97 bits per heavy atom. The van der Waals surface area contributed by atoms with E-state index < -0.39 is 0 Å². The van der Waals surface area contributed by atoms with Gasteiger partial charge in [-0.2, -0.15) is 0 Å². The number of fused-ring (bicyclic) bond motifs is 1. The van der Waals surface area contributed by atoms with Crippen LogP contribution in [0.2, 0.25) is 5.02 Å². The molecule has 2 aromatic carbocycles. The Bertz CT molecular complexity index is 1310.